The van der Waals surface area contributed by atoms with Gasteiger partial charge in [0.2, 0.25) is 0 Å². The Labute approximate surface area is 155 Å². The Morgan fingerprint density at radius 2 is 2.00 bits per heavy atom. The van der Waals surface area contributed by atoms with Crippen LogP contribution in [-0.4, -0.2) is 34.5 Å². The number of ether oxygens (including phenoxy) is 2. The highest BCUT2D eigenvalue weighted by Gasteiger charge is 2.31. The van der Waals surface area contributed by atoms with Crippen molar-refractivity contribution >= 4 is 28.6 Å². The smallest absolute Gasteiger partial charge is 0.308 e. The normalized spacial score (nSPS) is 16.1. The highest BCUT2D eigenvalue weighted by atomic mass is 16.5. The van der Waals surface area contributed by atoms with E-state index in [9.17, 15) is 9.59 Å². The number of rotatable bonds is 5. The Bertz CT molecular complexity index is 965. The van der Waals surface area contributed by atoms with Gasteiger partial charge >= 0.3 is 5.97 Å². The van der Waals surface area contributed by atoms with E-state index in [1.165, 1.54) is 0 Å². The van der Waals surface area contributed by atoms with Crippen LogP contribution < -0.4 is 9.64 Å². The van der Waals surface area contributed by atoms with Crippen LogP contribution in [0.1, 0.15) is 19.2 Å². The monoisotopic (exact) mass is 365 g/mol. The summed E-state index contributed by atoms with van der Waals surface area (Å²) in [6.45, 7) is 2.01. The molecule has 0 bridgehead atoms. The molecule has 0 saturated heterocycles. The van der Waals surface area contributed by atoms with Gasteiger partial charge < -0.3 is 19.4 Å². The molecule has 138 valence electrons. The van der Waals surface area contributed by atoms with Crippen LogP contribution in [-0.2, 0) is 20.9 Å². The number of esters is 1. The summed E-state index contributed by atoms with van der Waals surface area (Å²) >= 11 is 0. The average Bonchev–Trinajstić information content (AvgIpc) is 3.10. The summed E-state index contributed by atoms with van der Waals surface area (Å²) in [4.78, 5) is 33.6. The first kappa shape index (κ1) is 17.1. The van der Waals surface area contributed by atoms with Crippen LogP contribution >= 0.6 is 0 Å². The quantitative estimate of drug-likeness (QED) is 0.703. The maximum atomic E-state index is 12.4. The molecule has 0 fully saturated rings. The predicted octanol–water partition coefficient (Wildman–Crippen LogP) is 2.81. The van der Waals surface area contributed by atoms with Gasteiger partial charge in [-0.3, -0.25) is 9.59 Å². The largest absolute Gasteiger partial charge is 0.479 e. The van der Waals surface area contributed by atoms with Gasteiger partial charge in [0.25, 0.3) is 5.91 Å². The minimum atomic E-state index is -0.577. The van der Waals surface area contributed by atoms with Gasteiger partial charge in [0, 0.05) is 6.54 Å². The lowest BCUT2D eigenvalue weighted by molar-refractivity contribution is -0.145. The molecule has 1 N–H and O–H groups in total. The number of nitrogens with one attached hydrogen (secondary N) is 1. The molecule has 1 atom stereocenters. The fraction of sp³-hybridized carbons (Fsp3) is 0.250. The van der Waals surface area contributed by atoms with Crippen LogP contribution in [0.15, 0.2) is 48.5 Å². The number of aromatic nitrogens is 2. The van der Waals surface area contributed by atoms with E-state index in [1.807, 2.05) is 42.5 Å². The van der Waals surface area contributed by atoms with Crippen LogP contribution in [0.5, 0.6) is 5.75 Å². The summed E-state index contributed by atoms with van der Waals surface area (Å²) < 4.78 is 10.9. The second-order valence-electron chi connectivity index (χ2n) is 6.33. The van der Waals surface area contributed by atoms with Gasteiger partial charge in [0.15, 0.2) is 6.10 Å². The molecule has 2 aromatic carbocycles. The summed E-state index contributed by atoms with van der Waals surface area (Å²) in [7, 11) is 0. The maximum absolute atomic E-state index is 12.4. The van der Waals surface area contributed by atoms with Crippen molar-refractivity contribution in [2.75, 3.05) is 11.4 Å². The molecule has 0 unspecified atom stereocenters. The lowest BCUT2D eigenvalue weighted by atomic mass is 10.2. The fourth-order valence-corrected chi connectivity index (χ4v) is 3.09. The summed E-state index contributed by atoms with van der Waals surface area (Å²) in [5, 5.41) is 0. The molecule has 0 spiro atoms. The average molecular weight is 365 g/mol. The number of hydrogen-bond donors (Lipinski definition) is 1. The van der Waals surface area contributed by atoms with E-state index in [2.05, 4.69) is 9.97 Å². The molecule has 0 aliphatic carbocycles. The molecule has 1 aromatic heterocycles. The van der Waals surface area contributed by atoms with Crippen LogP contribution in [0, 0.1) is 0 Å². The highest BCUT2D eigenvalue weighted by molar-refractivity contribution is 6.00. The van der Waals surface area contributed by atoms with Crippen molar-refractivity contribution < 1.29 is 19.1 Å². The second kappa shape index (κ2) is 7.11. The van der Waals surface area contributed by atoms with E-state index in [0.717, 1.165) is 11.0 Å². The third kappa shape index (κ3) is 3.48. The van der Waals surface area contributed by atoms with Crippen molar-refractivity contribution in [2.24, 2.45) is 0 Å². The molecule has 0 saturated carbocycles. The first-order valence-electron chi connectivity index (χ1n) is 8.78. The van der Waals surface area contributed by atoms with Crippen LogP contribution in [0.3, 0.4) is 0 Å². The fourth-order valence-electron chi connectivity index (χ4n) is 3.09. The number of aromatic amines is 1. The number of amides is 1. The molecule has 0 radical (unpaired) electrons. The zero-order valence-electron chi connectivity index (χ0n) is 14.8. The van der Waals surface area contributed by atoms with Gasteiger partial charge in [-0.15, -0.1) is 0 Å². The molecular weight excluding hydrogens is 346 g/mol. The van der Waals surface area contributed by atoms with Gasteiger partial charge in [-0.1, -0.05) is 24.3 Å². The van der Waals surface area contributed by atoms with Crippen LogP contribution in [0.2, 0.25) is 0 Å². The summed E-state index contributed by atoms with van der Waals surface area (Å²) in [5.41, 5.74) is 2.40. The number of carbonyl (C=O) groups excluding carboxylic acids is 2. The molecule has 4 rings (SSSR count). The summed E-state index contributed by atoms with van der Waals surface area (Å²) in [6.07, 6.45) is -0.487. The van der Waals surface area contributed by atoms with Gasteiger partial charge in [0.1, 0.15) is 18.2 Å². The second-order valence-corrected chi connectivity index (χ2v) is 6.33. The lowest BCUT2D eigenvalue weighted by Gasteiger charge is -2.32. The van der Waals surface area contributed by atoms with Crippen molar-refractivity contribution in [3.63, 3.8) is 0 Å². The number of H-pyrrole nitrogens is 1. The molecule has 3 aromatic rings. The van der Waals surface area contributed by atoms with E-state index in [1.54, 1.807) is 17.9 Å². The van der Waals surface area contributed by atoms with E-state index in [-0.39, 0.29) is 31.4 Å². The third-order valence-electron chi connectivity index (χ3n) is 4.42. The van der Waals surface area contributed by atoms with Crippen molar-refractivity contribution in [2.45, 2.75) is 26.1 Å². The van der Waals surface area contributed by atoms with E-state index < -0.39 is 6.10 Å². The Morgan fingerprint density at radius 3 is 2.85 bits per heavy atom. The van der Waals surface area contributed by atoms with E-state index in [0.29, 0.717) is 17.3 Å². The number of nitrogens with zero attached hydrogens (tertiary/aromatic N) is 2. The van der Waals surface area contributed by atoms with Crippen molar-refractivity contribution in [1.29, 1.82) is 0 Å². The zero-order valence-corrected chi connectivity index (χ0v) is 14.8. The third-order valence-corrected chi connectivity index (χ3v) is 4.42. The number of imidazole rings is 1. The summed E-state index contributed by atoms with van der Waals surface area (Å²) in [5.74, 6) is 0.671. The SMILES string of the molecule is C[C@@H]1Oc2ccccc2N(CCC(=O)OCc2nc3ccccc3[nH]2)C1=O. The Hall–Kier alpha value is -3.35. The van der Waals surface area contributed by atoms with Crippen LogP contribution in [0.4, 0.5) is 5.69 Å². The molecule has 1 amide bonds. The van der Waals surface area contributed by atoms with Crippen LogP contribution in [0.25, 0.3) is 11.0 Å². The Morgan fingerprint density at radius 1 is 1.22 bits per heavy atom. The lowest BCUT2D eigenvalue weighted by Crippen LogP contribution is -2.45. The highest BCUT2D eigenvalue weighted by Crippen LogP contribution is 2.33. The number of para-hydroxylation sites is 4. The first-order chi connectivity index (χ1) is 13.1. The van der Waals surface area contributed by atoms with Gasteiger partial charge in [0.05, 0.1) is 23.1 Å². The Kier molecular flexibility index (Phi) is 4.50. The van der Waals surface area contributed by atoms with Gasteiger partial charge in [-0.2, -0.15) is 0 Å². The van der Waals surface area contributed by atoms with E-state index in [4.69, 9.17) is 9.47 Å². The zero-order chi connectivity index (χ0) is 18.8. The number of benzene rings is 2. The number of anilines is 1. The molecule has 27 heavy (non-hydrogen) atoms. The number of hydrogen-bond acceptors (Lipinski definition) is 5. The number of fused-ring (bicyclic) bond motifs is 2. The molecule has 2 heterocycles. The van der Waals surface area contributed by atoms with Crippen molar-refractivity contribution in [3.05, 3.63) is 54.4 Å². The molecule has 7 nitrogen and oxygen atoms in total. The molecule has 1 aliphatic heterocycles. The van der Waals surface area contributed by atoms with Crippen molar-refractivity contribution in [1.82, 2.24) is 9.97 Å². The molecular formula is C20H19N3O4. The minimum Gasteiger partial charge on any atom is -0.479 e. The maximum Gasteiger partial charge on any atom is 0.308 e. The Balaban J connectivity index is 1.37. The van der Waals surface area contributed by atoms with Gasteiger partial charge in [-0.05, 0) is 31.2 Å². The van der Waals surface area contributed by atoms with E-state index >= 15 is 0 Å². The first-order valence-corrected chi connectivity index (χ1v) is 8.78. The minimum absolute atomic E-state index is 0.0670. The number of carbonyl (C=O) groups is 2. The summed E-state index contributed by atoms with van der Waals surface area (Å²) in [6, 6.07) is 14.9. The standard InChI is InChI=1S/C20H19N3O4/c1-13-20(25)23(16-8-4-5-9-17(16)27-13)11-10-19(24)26-12-18-21-14-6-2-3-7-15(14)22-18/h2-9,13H,10-12H2,1H3,(H,21,22)/t13-/m0/s1. The molecule has 1 aliphatic rings. The predicted molar refractivity (Wildman–Crippen MR) is 99.4 cm³/mol. The van der Waals surface area contributed by atoms with Crippen molar-refractivity contribution in [3.8, 4) is 5.75 Å². The topological polar surface area (TPSA) is 84.5 Å². The molecule has 7 heteroatoms. The van der Waals surface area contributed by atoms with Gasteiger partial charge in [-0.25, -0.2) is 4.98 Å².